The van der Waals surface area contributed by atoms with Crippen molar-refractivity contribution in [2.75, 3.05) is 6.61 Å². The minimum Gasteiger partial charge on any atom is -0.395 e. The van der Waals surface area contributed by atoms with Gasteiger partial charge in [-0.25, -0.2) is 0 Å². The summed E-state index contributed by atoms with van der Waals surface area (Å²) in [6, 6.07) is -0.556. The maximum atomic E-state index is 9.47. The van der Waals surface area contributed by atoms with Crippen LogP contribution < -0.4 is 5.73 Å². The molecule has 2 atom stereocenters. The summed E-state index contributed by atoms with van der Waals surface area (Å²) in [6.45, 7) is 2.06. The van der Waals surface area contributed by atoms with Crippen LogP contribution in [0.1, 0.15) is 64.7 Å². The molecular formula is C15H31NO2. The van der Waals surface area contributed by atoms with E-state index < -0.39 is 12.1 Å². The summed E-state index contributed by atoms with van der Waals surface area (Å²) in [5, 5.41) is 18.2. The molecule has 0 saturated heterocycles. The van der Waals surface area contributed by atoms with Gasteiger partial charge >= 0.3 is 0 Å². The highest BCUT2D eigenvalue weighted by atomic mass is 16.3. The first-order chi connectivity index (χ1) is 8.72. The Morgan fingerprint density at radius 3 is 2.11 bits per heavy atom. The lowest BCUT2D eigenvalue weighted by molar-refractivity contribution is 0.144. The first-order valence-electron chi connectivity index (χ1n) is 7.43. The molecule has 108 valence electrons. The van der Waals surface area contributed by atoms with E-state index in [1.54, 1.807) is 6.08 Å². The third-order valence-electron chi connectivity index (χ3n) is 3.21. The molecule has 0 aliphatic rings. The van der Waals surface area contributed by atoms with Gasteiger partial charge in [0.1, 0.15) is 0 Å². The van der Waals surface area contributed by atoms with Gasteiger partial charge in [0.2, 0.25) is 0 Å². The van der Waals surface area contributed by atoms with Gasteiger partial charge in [-0.05, 0) is 12.8 Å². The quantitative estimate of drug-likeness (QED) is 0.372. The summed E-state index contributed by atoms with van der Waals surface area (Å²) in [5.41, 5.74) is 5.49. The molecule has 18 heavy (non-hydrogen) atoms. The predicted octanol–water partition coefficient (Wildman–Crippen LogP) is 2.75. The maximum Gasteiger partial charge on any atom is 0.0894 e. The molecule has 3 heteroatoms. The number of aliphatic hydroxyl groups excluding tert-OH is 2. The second-order valence-electron chi connectivity index (χ2n) is 5.03. The molecule has 0 aromatic heterocycles. The molecule has 0 aliphatic carbocycles. The monoisotopic (exact) mass is 257 g/mol. The smallest absolute Gasteiger partial charge is 0.0894 e. The van der Waals surface area contributed by atoms with Crippen molar-refractivity contribution >= 4 is 0 Å². The molecule has 0 unspecified atom stereocenters. The van der Waals surface area contributed by atoms with Gasteiger partial charge in [0.05, 0.1) is 18.8 Å². The van der Waals surface area contributed by atoms with Crippen molar-refractivity contribution in [3.05, 3.63) is 12.2 Å². The summed E-state index contributed by atoms with van der Waals surface area (Å²) < 4.78 is 0. The normalized spacial score (nSPS) is 15.1. The van der Waals surface area contributed by atoms with E-state index in [1.807, 2.05) is 6.08 Å². The number of hydrogen-bond acceptors (Lipinski definition) is 3. The molecule has 4 N–H and O–H groups in total. The van der Waals surface area contributed by atoms with Crippen LogP contribution in [-0.4, -0.2) is 29.0 Å². The number of allylic oxidation sites excluding steroid dienone is 1. The van der Waals surface area contributed by atoms with Crippen molar-refractivity contribution in [2.45, 2.75) is 76.9 Å². The van der Waals surface area contributed by atoms with E-state index in [-0.39, 0.29) is 6.61 Å². The molecule has 0 saturated carbocycles. The van der Waals surface area contributed by atoms with E-state index in [0.29, 0.717) is 0 Å². The van der Waals surface area contributed by atoms with Gasteiger partial charge in [-0.2, -0.15) is 0 Å². The van der Waals surface area contributed by atoms with Crippen LogP contribution in [0.2, 0.25) is 0 Å². The van der Waals surface area contributed by atoms with Crippen LogP contribution in [0.5, 0.6) is 0 Å². The molecule has 0 heterocycles. The second kappa shape index (κ2) is 13.1. The lowest BCUT2D eigenvalue weighted by Crippen LogP contribution is -2.36. The number of aliphatic hydroxyl groups is 2. The van der Waals surface area contributed by atoms with Crippen molar-refractivity contribution in [1.82, 2.24) is 0 Å². The van der Waals surface area contributed by atoms with Crippen molar-refractivity contribution in [3.63, 3.8) is 0 Å². The van der Waals surface area contributed by atoms with Crippen LogP contribution in [0, 0.1) is 0 Å². The van der Waals surface area contributed by atoms with Gasteiger partial charge in [0, 0.05) is 0 Å². The van der Waals surface area contributed by atoms with Crippen LogP contribution in [0.3, 0.4) is 0 Å². The van der Waals surface area contributed by atoms with Crippen LogP contribution >= 0.6 is 0 Å². The minimum absolute atomic E-state index is 0.177. The first kappa shape index (κ1) is 17.6. The minimum atomic E-state index is -0.718. The molecule has 0 radical (unpaired) electrons. The zero-order valence-electron chi connectivity index (χ0n) is 11.9. The molecule has 0 aromatic rings. The second-order valence-corrected chi connectivity index (χ2v) is 5.03. The predicted molar refractivity (Wildman–Crippen MR) is 77.4 cm³/mol. The zero-order valence-corrected chi connectivity index (χ0v) is 11.9. The number of unbranched alkanes of at least 4 members (excludes halogenated alkanes) is 8. The van der Waals surface area contributed by atoms with Crippen molar-refractivity contribution < 1.29 is 10.2 Å². The Morgan fingerprint density at radius 1 is 1.00 bits per heavy atom. The van der Waals surface area contributed by atoms with E-state index in [0.717, 1.165) is 6.42 Å². The highest BCUT2D eigenvalue weighted by Crippen LogP contribution is 2.09. The lowest BCUT2D eigenvalue weighted by atomic mass is 10.1. The van der Waals surface area contributed by atoms with Crippen LogP contribution in [0.25, 0.3) is 0 Å². The first-order valence-corrected chi connectivity index (χ1v) is 7.43. The molecule has 0 bridgehead atoms. The Balaban J connectivity index is 3.27. The third kappa shape index (κ3) is 10.8. The Labute approximate surface area is 112 Å². The Bertz CT molecular complexity index is 195. The molecule has 0 amide bonds. The van der Waals surface area contributed by atoms with E-state index in [4.69, 9.17) is 10.8 Å². The molecule has 0 spiro atoms. The van der Waals surface area contributed by atoms with Gasteiger partial charge in [-0.15, -0.1) is 0 Å². The standard InChI is InChI=1S/C15H31NO2/c1-2-3-4-5-6-7-8-9-10-11-12-15(18)14(16)13-17/h11-12,14-15,17-18H,2-10,13,16H2,1H3/b12-11+/t14-,15+/m0/s1. The fourth-order valence-electron chi connectivity index (χ4n) is 1.88. The van der Waals surface area contributed by atoms with Crippen molar-refractivity contribution in [2.24, 2.45) is 5.73 Å². The lowest BCUT2D eigenvalue weighted by Gasteiger charge is -2.11. The average molecular weight is 257 g/mol. The third-order valence-corrected chi connectivity index (χ3v) is 3.21. The van der Waals surface area contributed by atoms with E-state index >= 15 is 0 Å². The summed E-state index contributed by atoms with van der Waals surface area (Å²) in [4.78, 5) is 0. The molecule has 0 aliphatic heterocycles. The molecule has 3 nitrogen and oxygen atoms in total. The van der Waals surface area contributed by atoms with E-state index in [1.165, 1.54) is 51.4 Å². The van der Waals surface area contributed by atoms with Crippen molar-refractivity contribution in [1.29, 1.82) is 0 Å². The Kier molecular flexibility index (Phi) is 12.8. The van der Waals surface area contributed by atoms with E-state index in [9.17, 15) is 5.11 Å². The fraction of sp³-hybridized carbons (Fsp3) is 0.867. The SMILES string of the molecule is CCCCCCCCCC/C=C/[C@@H](O)[C@@H](N)CO. The summed E-state index contributed by atoms with van der Waals surface area (Å²) in [5.74, 6) is 0. The van der Waals surface area contributed by atoms with Crippen molar-refractivity contribution in [3.8, 4) is 0 Å². The Hall–Kier alpha value is -0.380. The average Bonchev–Trinajstić information content (AvgIpc) is 2.39. The molecular weight excluding hydrogens is 226 g/mol. The van der Waals surface area contributed by atoms with E-state index in [2.05, 4.69) is 6.92 Å². The van der Waals surface area contributed by atoms with Gasteiger partial charge in [0.25, 0.3) is 0 Å². The van der Waals surface area contributed by atoms with Crippen LogP contribution in [-0.2, 0) is 0 Å². The topological polar surface area (TPSA) is 66.5 Å². The highest BCUT2D eigenvalue weighted by Gasteiger charge is 2.08. The van der Waals surface area contributed by atoms with Gasteiger partial charge in [0.15, 0.2) is 0 Å². The van der Waals surface area contributed by atoms with Gasteiger partial charge in [-0.1, -0.05) is 64.0 Å². The Morgan fingerprint density at radius 2 is 1.56 bits per heavy atom. The highest BCUT2D eigenvalue weighted by molar-refractivity contribution is 4.93. The molecule has 0 rings (SSSR count). The fourth-order valence-corrected chi connectivity index (χ4v) is 1.88. The zero-order chi connectivity index (χ0) is 13.6. The van der Waals surface area contributed by atoms with Gasteiger partial charge in [-0.3, -0.25) is 0 Å². The molecule has 0 fully saturated rings. The summed E-state index contributed by atoms with van der Waals surface area (Å²) in [6.07, 6.45) is 14.5. The number of hydrogen-bond donors (Lipinski definition) is 3. The number of nitrogens with two attached hydrogens (primary N) is 1. The van der Waals surface area contributed by atoms with Crippen LogP contribution in [0.15, 0.2) is 12.2 Å². The summed E-state index contributed by atoms with van der Waals surface area (Å²) in [7, 11) is 0. The van der Waals surface area contributed by atoms with Gasteiger partial charge < -0.3 is 15.9 Å². The maximum absolute atomic E-state index is 9.47. The summed E-state index contributed by atoms with van der Waals surface area (Å²) >= 11 is 0. The number of rotatable bonds is 12. The molecule has 0 aromatic carbocycles. The largest absolute Gasteiger partial charge is 0.395 e. The van der Waals surface area contributed by atoms with Crippen LogP contribution in [0.4, 0.5) is 0 Å².